The van der Waals surface area contributed by atoms with Crippen molar-refractivity contribution in [2.45, 2.75) is 26.3 Å². The molecule has 0 fully saturated rings. The quantitative estimate of drug-likeness (QED) is 0.857. The molecule has 1 amide bonds. The van der Waals surface area contributed by atoms with Crippen molar-refractivity contribution in [1.29, 1.82) is 5.26 Å². The first-order valence-corrected chi connectivity index (χ1v) is 6.27. The average molecular weight is 273 g/mol. The fraction of sp³-hybridized carbons (Fsp3) is 0.500. The van der Waals surface area contributed by atoms with Crippen LogP contribution in [0.3, 0.4) is 0 Å². The van der Waals surface area contributed by atoms with Gasteiger partial charge in [-0.05, 0) is 17.5 Å². The third kappa shape index (κ3) is 3.08. The van der Waals surface area contributed by atoms with Crippen LogP contribution in [0.15, 0.2) is 0 Å². The molecule has 0 aromatic carbocycles. The summed E-state index contributed by atoms with van der Waals surface area (Å²) in [6.07, 6.45) is 0.801. The molecule has 0 aliphatic rings. The van der Waals surface area contributed by atoms with Crippen LogP contribution in [0.2, 0.25) is 5.15 Å². The number of halogens is 1. The molecule has 0 saturated heterocycles. The van der Waals surface area contributed by atoms with Gasteiger partial charge in [-0.1, -0.05) is 31.9 Å². The summed E-state index contributed by atoms with van der Waals surface area (Å²) in [5.41, 5.74) is 5.58. The van der Waals surface area contributed by atoms with Crippen molar-refractivity contribution in [3.05, 3.63) is 10.7 Å². The Morgan fingerprint density at radius 3 is 2.88 bits per heavy atom. The lowest BCUT2D eigenvalue weighted by Gasteiger charge is -2.21. The Morgan fingerprint density at radius 1 is 1.76 bits per heavy atom. The van der Waals surface area contributed by atoms with E-state index in [1.54, 1.807) is 0 Å². The van der Waals surface area contributed by atoms with Gasteiger partial charge in [0.1, 0.15) is 22.7 Å². The van der Waals surface area contributed by atoms with E-state index in [4.69, 9.17) is 22.6 Å². The number of rotatable bonds is 5. The molecular weight excluding hydrogens is 260 g/mol. The van der Waals surface area contributed by atoms with Crippen LogP contribution in [-0.4, -0.2) is 16.3 Å². The molecule has 3 N–H and O–H groups in total. The van der Waals surface area contributed by atoms with E-state index < -0.39 is 11.9 Å². The lowest BCUT2D eigenvalue weighted by molar-refractivity contribution is -0.119. The number of carbonyl (C=O) groups excluding carboxylic acids is 1. The van der Waals surface area contributed by atoms with Crippen molar-refractivity contribution in [3.63, 3.8) is 0 Å². The number of nitrogens with two attached hydrogens (primary N) is 1. The number of nitrogens with one attached hydrogen (secondary N) is 1. The van der Waals surface area contributed by atoms with E-state index >= 15 is 0 Å². The molecule has 92 valence electrons. The first-order chi connectivity index (χ1) is 8.01. The summed E-state index contributed by atoms with van der Waals surface area (Å²) in [5.74, 6) is -0.382. The minimum atomic E-state index is -0.524. The zero-order chi connectivity index (χ0) is 13.0. The van der Waals surface area contributed by atoms with Crippen molar-refractivity contribution in [2.75, 3.05) is 5.32 Å². The molecule has 7 heteroatoms. The van der Waals surface area contributed by atoms with Crippen LogP contribution in [0, 0.1) is 17.2 Å². The highest BCUT2D eigenvalue weighted by Gasteiger charge is 2.24. The van der Waals surface area contributed by atoms with Crippen LogP contribution in [0.4, 0.5) is 5.00 Å². The molecule has 1 heterocycles. The molecule has 5 nitrogen and oxygen atoms in total. The van der Waals surface area contributed by atoms with Gasteiger partial charge in [0, 0.05) is 0 Å². The SMILES string of the molecule is CCC(C)C(Nc1snc(Cl)c1C#N)C(N)=O. The third-order valence-electron chi connectivity index (χ3n) is 2.57. The van der Waals surface area contributed by atoms with Crippen LogP contribution in [0.5, 0.6) is 0 Å². The van der Waals surface area contributed by atoms with Gasteiger partial charge in [0.15, 0.2) is 5.15 Å². The second kappa shape index (κ2) is 5.84. The molecular formula is C10H13ClN4OS. The highest BCUT2D eigenvalue weighted by Crippen LogP contribution is 2.29. The summed E-state index contributed by atoms with van der Waals surface area (Å²) in [6.45, 7) is 3.88. The first-order valence-electron chi connectivity index (χ1n) is 5.12. The topological polar surface area (TPSA) is 91.8 Å². The van der Waals surface area contributed by atoms with Crippen LogP contribution >= 0.6 is 23.1 Å². The minimum Gasteiger partial charge on any atom is -0.368 e. The number of amides is 1. The molecule has 0 radical (unpaired) electrons. The second-order valence-corrected chi connectivity index (χ2v) is 4.83. The minimum absolute atomic E-state index is 0.0694. The van der Waals surface area contributed by atoms with E-state index in [1.165, 1.54) is 0 Å². The van der Waals surface area contributed by atoms with Crippen LogP contribution in [0.25, 0.3) is 0 Å². The molecule has 0 aliphatic heterocycles. The fourth-order valence-corrected chi connectivity index (χ4v) is 2.31. The van der Waals surface area contributed by atoms with Gasteiger partial charge in [0.2, 0.25) is 5.91 Å². The maximum Gasteiger partial charge on any atom is 0.240 e. The lowest BCUT2D eigenvalue weighted by atomic mass is 9.99. The van der Waals surface area contributed by atoms with Gasteiger partial charge in [-0.15, -0.1) is 0 Å². The summed E-state index contributed by atoms with van der Waals surface area (Å²) in [6, 6.07) is 1.42. The van der Waals surface area contributed by atoms with Gasteiger partial charge in [-0.3, -0.25) is 4.79 Å². The van der Waals surface area contributed by atoms with E-state index in [2.05, 4.69) is 9.69 Å². The third-order valence-corrected chi connectivity index (χ3v) is 3.72. The molecule has 2 atom stereocenters. The average Bonchev–Trinajstić information content (AvgIpc) is 2.65. The van der Waals surface area contributed by atoms with Gasteiger partial charge in [0.05, 0.1) is 0 Å². The Hall–Kier alpha value is -1.32. The van der Waals surface area contributed by atoms with E-state index in [0.717, 1.165) is 18.0 Å². The van der Waals surface area contributed by atoms with Crippen molar-refractivity contribution in [3.8, 4) is 6.07 Å². The highest BCUT2D eigenvalue weighted by molar-refractivity contribution is 7.10. The number of aromatic nitrogens is 1. The number of hydrogen-bond acceptors (Lipinski definition) is 5. The Bertz CT molecular complexity index is 454. The molecule has 1 aromatic heterocycles. The monoisotopic (exact) mass is 272 g/mol. The maximum atomic E-state index is 11.3. The van der Waals surface area contributed by atoms with Crippen LogP contribution in [0.1, 0.15) is 25.8 Å². The summed E-state index contributed by atoms with van der Waals surface area (Å²) in [4.78, 5) is 11.3. The summed E-state index contributed by atoms with van der Waals surface area (Å²) < 4.78 is 3.85. The second-order valence-electron chi connectivity index (χ2n) is 3.70. The Kier molecular flexibility index (Phi) is 4.73. The van der Waals surface area contributed by atoms with E-state index in [9.17, 15) is 4.79 Å². The lowest BCUT2D eigenvalue weighted by Crippen LogP contribution is -2.40. The van der Waals surface area contributed by atoms with Crippen LogP contribution in [-0.2, 0) is 4.79 Å². The number of anilines is 1. The van der Waals surface area contributed by atoms with Gasteiger partial charge >= 0.3 is 0 Å². The fourth-order valence-electron chi connectivity index (χ4n) is 1.34. The van der Waals surface area contributed by atoms with E-state index in [-0.39, 0.29) is 16.6 Å². The summed E-state index contributed by atoms with van der Waals surface area (Å²) in [5, 5.41) is 12.5. The van der Waals surface area contributed by atoms with Gasteiger partial charge < -0.3 is 11.1 Å². The molecule has 0 bridgehead atoms. The van der Waals surface area contributed by atoms with Gasteiger partial charge in [-0.2, -0.15) is 9.64 Å². The molecule has 0 aliphatic carbocycles. The predicted molar refractivity (Wildman–Crippen MR) is 67.9 cm³/mol. The zero-order valence-electron chi connectivity index (χ0n) is 9.53. The van der Waals surface area contributed by atoms with Crippen molar-refractivity contribution in [2.24, 2.45) is 11.7 Å². The standard InChI is InChI=1S/C10H13ClN4OS/c1-3-5(2)7(9(13)16)14-10-6(4-12)8(11)15-17-10/h5,7,14H,3H2,1-2H3,(H2,13,16). The molecule has 2 unspecified atom stereocenters. The van der Waals surface area contributed by atoms with Crippen LogP contribution < -0.4 is 11.1 Å². The number of carbonyl (C=O) groups is 1. The highest BCUT2D eigenvalue weighted by atomic mass is 35.5. The van der Waals surface area contributed by atoms with Gasteiger partial charge in [-0.25, -0.2) is 0 Å². The Morgan fingerprint density at radius 2 is 2.41 bits per heavy atom. The smallest absolute Gasteiger partial charge is 0.240 e. The largest absolute Gasteiger partial charge is 0.368 e. The number of primary amides is 1. The van der Waals surface area contributed by atoms with E-state index in [0.29, 0.717) is 5.00 Å². The predicted octanol–water partition coefficient (Wildman–Crippen LogP) is 1.98. The number of nitriles is 1. The maximum absolute atomic E-state index is 11.3. The first kappa shape index (κ1) is 13.7. The number of hydrogen-bond donors (Lipinski definition) is 2. The molecule has 1 rings (SSSR count). The van der Waals surface area contributed by atoms with Crippen molar-refractivity contribution < 1.29 is 4.79 Å². The van der Waals surface area contributed by atoms with Crippen molar-refractivity contribution in [1.82, 2.24) is 4.37 Å². The molecule has 0 saturated carbocycles. The Balaban J connectivity index is 2.95. The van der Waals surface area contributed by atoms with Gasteiger partial charge in [0.25, 0.3) is 0 Å². The molecule has 1 aromatic rings. The zero-order valence-corrected chi connectivity index (χ0v) is 11.1. The molecule has 0 spiro atoms. The Labute approximate surface area is 109 Å². The normalized spacial score (nSPS) is 13.8. The summed E-state index contributed by atoms with van der Waals surface area (Å²) in [7, 11) is 0. The molecule has 17 heavy (non-hydrogen) atoms. The number of nitrogens with zero attached hydrogens (tertiary/aromatic N) is 2. The van der Waals surface area contributed by atoms with E-state index in [1.807, 2.05) is 19.9 Å². The van der Waals surface area contributed by atoms with Crippen molar-refractivity contribution >= 4 is 34.0 Å². The summed E-state index contributed by atoms with van der Waals surface area (Å²) >= 11 is 6.79.